The van der Waals surface area contributed by atoms with E-state index in [0.29, 0.717) is 19.5 Å². The summed E-state index contributed by atoms with van der Waals surface area (Å²) in [4.78, 5) is 43.4. The number of aromatic nitrogens is 1. The summed E-state index contributed by atoms with van der Waals surface area (Å²) in [7, 11) is 0. The molecule has 134 valence electrons. The molecular formula is C17H23N5O3. The van der Waals surface area contributed by atoms with Gasteiger partial charge in [-0.2, -0.15) is 0 Å². The third kappa shape index (κ3) is 4.33. The van der Waals surface area contributed by atoms with Gasteiger partial charge in [-0.25, -0.2) is 4.79 Å². The highest BCUT2D eigenvalue weighted by Gasteiger charge is 2.30. The number of carbonyl (C=O) groups is 3. The summed E-state index contributed by atoms with van der Waals surface area (Å²) in [6.07, 6.45) is 2.40. The van der Waals surface area contributed by atoms with E-state index in [2.05, 4.69) is 33.5 Å². The fourth-order valence-corrected chi connectivity index (χ4v) is 3.14. The Labute approximate surface area is 146 Å². The Hall–Kier alpha value is -2.48. The first-order valence-corrected chi connectivity index (χ1v) is 8.55. The lowest BCUT2D eigenvalue weighted by Gasteiger charge is -2.35. The van der Waals surface area contributed by atoms with E-state index in [9.17, 15) is 14.4 Å². The predicted octanol–water partition coefficient (Wildman–Crippen LogP) is 0.0224. The molecule has 8 heteroatoms. The zero-order valence-corrected chi connectivity index (χ0v) is 14.3. The van der Waals surface area contributed by atoms with Crippen molar-refractivity contribution in [2.24, 2.45) is 0 Å². The van der Waals surface area contributed by atoms with E-state index in [4.69, 9.17) is 0 Å². The van der Waals surface area contributed by atoms with Crippen LogP contribution in [0.3, 0.4) is 0 Å². The fraction of sp³-hybridized carbons (Fsp3) is 0.529. The molecule has 4 amide bonds. The number of hydrogen-bond acceptors (Lipinski definition) is 5. The van der Waals surface area contributed by atoms with Gasteiger partial charge in [0.1, 0.15) is 6.04 Å². The lowest BCUT2D eigenvalue weighted by atomic mass is 10.1. The van der Waals surface area contributed by atoms with Crippen LogP contribution in [0, 0.1) is 6.92 Å². The van der Waals surface area contributed by atoms with E-state index in [-0.39, 0.29) is 18.2 Å². The van der Waals surface area contributed by atoms with Gasteiger partial charge in [0.25, 0.3) is 5.91 Å². The molecule has 2 aliphatic heterocycles. The van der Waals surface area contributed by atoms with Crippen molar-refractivity contribution in [3.63, 3.8) is 0 Å². The Kier molecular flexibility index (Phi) is 5.28. The van der Waals surface area contributed by atoms with Crippen LogP contribution < -0.4 is 10.6 Å². The molecule has 0 unspecified atom stereocenters. The van der Waals surface area contributed by atoms with E-state index in [1.165, 1.54) is 5.56 Å². The third-order valence-electron chi connectivity index (χ3n) is 4.72. The number of aryl methyl sites for hydroxylation is 1. The molecule has 2 N–H and O–H groups in total. The highest BCUT2D eigenvalue weighted by molar-refractivity contribution is 6.04. The molecule has 1 atom stereocenters. The van der Waals surface area contributed by atoms with Gasteiger partial charge >= 0.3 is 6.03 Å². The number of urea groups is 1. The molecule has 25 heavy (non-hydrogen) atoms. The number of pyridine rings is 1. The Morgan fingerprint density at radius 1 is 1.28 bits per heavy atom. The number of imide groups is 1. The van der Waals surface area contributed by atoms with Crippen molar-refractivity contribution in [3.05, 3.63) is 29.6 Å². The van der Waals surface area contributed by atoms with E-state index in [1.54, 1.807) is 6.20 Å². The van der Waals surface area contributed by atoms with Crippen LogP contribution in [0.5, 0.6) is 0 Å². The molecule has 1 aromatic rings. The van der Waals surface area contributed by atoms with Gasteiger partial charge in [-0.1, -0.05) is 6.07 Å². The lowest BCUT2D eigenvalue weighted by molar-refractivity contribution is -0.133. The van der Waals surface area contributed by atoms with Crippen molar-refractivity contribution in [2.45, 2.75) is 32.4 Å². The van der Waals surface area contributed by atoms with Gasteiger partial charge in [-0.05, 0) is 25.0 Å². The van der Waals surface area contributed by atoms with Crippen LogP contribution in [0.25, 0.3) is 0 Å². The Bertz CT molecular complexity index is 670. The first-order chi connectivity index (χ1) is 12.0. The zero-order chi connectivity index (χ0) is 17.8. The van der Waals surface area contributed by atoms with E-state index in [1.807, 2.05) is 11.0 Å². The van der Waals surface area contributed by atoms with Crippen LogP contribution in [-0.2, 0) is 16.1 Å². The number of amides is 4. The summed E-state index contributed by atoms with van der Waals surface area (Å²) in [5.41, 5.74) is 2.25. The number of rotatable bonds is 5. The maximum absolute atomic E-state index is 12.3. The number of piperazine rings is 1. The molecule has 0 bridgehead atoms. The lowest BCUT2D eigenvalue weighted by Crippen LogP contribution is -2.48. The molecule has 3 rings (SSSR count). The normalized spacial score (nSPS) is 21.2. The predicted molar refractivity (Wildman–Crippen MR) is 90.5 cm³/mol. The SMILES string of the molecule is Cc1cccnc1CN1CCN(C(=O)CC[C@H]2NC(=O)NC2=O)CC1. The second kappa shape index (κ2) is 7.60. The van der Waals surface area contributed by atoms with Crippen molar-refractivity contribution in [3.8, 4) is 0 Å². The molecule has 2 fully saturated rings. The fourth-order valence-electron chi connectivity index (χ4n) is 3.14. The maximum atomic E-state index is 12.3. The quantitative estimate of drug-likeness (QED) is 0.734. The first-order valence-electron chi connectivity index (χ1n) is 8.55. The van der Waals surface area contributed by atoms with Crippen LogP contribution in [-0.4, -0.2) is 64.9 Å². The van der Waals surface area contributed by atoms with Gasteiger partial charge in [0, 0.05) is 45.3 Å². The summed E-state index contributed by atoms with van der Waals surface area (Å²) >= 11 is 0. The zero-order valence-electron chi connectivity index (χ0n) is 14.3. The second-order valence-electron chi connectivity index (χ2n) is 6.48. The van der Waals surface area contributed by atoms with Crippen LogP contribution in [0.4, 0.5) is 4.79 Å². The summed E-state index contributed by atoms with van der Waals surface area (Å²) in [6, 6.07) is 2.91. The molecule has 2 aliphatic rings. The van der Waals surface area contributed by atoms with Crippen molar-refractivity contribution in [1.82, 2.24) is 25.4 Å². The Morgan fingerprint density at radius 3 is 2.68 bits per heavy atom. The number of hydrogen-bond donors (Lipinski definition) is 2. The third-order valence-corrected chi connectivity index (χ3v) is 4.72. The van der Waals surface area contributed by atoms with Crippen LogP contribution >= 0.6 is 0 Å². The topological polar surface area (TPSA) is 94.6 Å². The smallest absolute Gasteiger partial charge is 0.322 e. The largest absolute Gasteiger partial charge is 0.340 e. The summed E-state index contributed by atoms with van der Waals surface area (Å²) < 4.78 is 0. The molecule has 3 heterocycles. The van der Waals surface area contributed by atoms with E-state index < -0.39 is 12.1 Å². The molecule has 0 spiro atoms. The average molecular weight is 345 g/mol. The standard InChI is InChI=1S/C17H23N5O3/c1-12-3-2-6-18-14(12)11-21-7-9-22(10-8-21)15(23)5-4-13-16(24)20-17(25)19-13/h2-3,6,13H,4-5,7-11H2,1H3,(H2,19,20,24,25)/t13-/m1/s1. The molecule has 0 saturated carbocycles. The monoisotopic (exact) mass is 345 g/mol. The van der Waals surface area contributed by atoms with E-state index in [0.717, 1.165) is 25.3 Å². The summed E-state index contributed by atoms with van der Waals surface area (Å²) in [5, 5.41) is 4.69. The Morgan fingerprint density at radius 2 is 2.04 bits per heavy atom. The molecule has 0 aromatic carbocycles. The molecule has 1 aromatic heterocycles. The number of carbonyl (C=O) groups excluding carboxylic acids is 3. The minimum absolute atomic E-state index is 0.0302. The minimum Gasteiger partial charge on any atom is -0.340 e. The van der Waals surface area contributed by atoms with Gasteiger partial charge in [0.2, 0.25) is 5.91 Å². The van der Waals surface area contributed by atoms with Crippen molar-refractivity contribution in [1.29, 1.82) is 0 Å². The van der Waals surface area contributed by atoms with Gasteiger partial charge in [-0.3, -0.25) is 24.8 Å². The highest BCUT2D eigenvalue weighted by Crippen LogP contribution is 2.12. The number of nitrogens with zero attached hydrogens (tertiary/aromatic N) is 3. The summed E-state index contributed by atoms with van der Waals surface area (Å²) in [5.74, 6) is -0.323. The van der Waals surface area contributed by atoms with Crippen LogP contribution in [0.15, 0.2) is 18.3 Å². The molecule has 2 saturated heterocycles. The molecule has 8 nitrogen and oxygen atoms in total. The first kappa shape index (κ1) is 17.3. The van der Waals surface area contributed by atoms with Crippen LogP contribution in [0.1, 0.15) is 24.1 Å². The van der Waals surface area contributed by atoms with Gasteiger partial charge in [-0.15, -0.1) is 0 Å². The number of nitrogens with one attached hydrogen (secondary N) is 2. The molecule has 0 radical (unpaired) electrons. The van der Waals surface area contributed by atoms with Gasteiger partial charge in [0.15, 0.2) is 0 Å². The summed E-state index contributed by atoms with van der Waals surface area (Å²) in [6.45, 7) is 5.82. The maximum Gasteiger partial charge on any atom is 0.322 e. The van der Waals surface area contributed by atoms with Crippen molar-refractivity contribution in [2.75, 3.05) is 26.2 Å². The minimum atomic E-state index is -0.593. The molecular weight excluding hydrogens is 322 g/mol. The van der Waals surface area contributed by atoms with Gasteiger partial charge < -0.3 is 10.2 Å². The highest BCUT2D eigenvalue weighted by atomic mass is 16.2. The van der Waals surface area contributed by atoms with Crippen molar-refractivity contribution < 1.29 is 14.4 Å². The van der Waals surface area contributed by atoms with E-state index >= 15 is 0 Å². The van der Waals surface area contributed by atoms with Crippen molar-refractivity contribution >= 4 is 17.8 Å². The average Bonchev–Trinajstić information content (AvgIpc) is 2.93. The molecule has 0 aliphatic carbocycles. The van der Waals surface area contributed by atoms with Crippen LogP contribution in [0.2, 0.25) is 0 Å². The second-order valence-corrected chi connectivity index (χ2v) is 6.48. The van der Waals surface area contributed by atoms with Gasteiger partial charge in [0.05, 0.1) is 5.69 Å². The Balaban J connectivity index is 1.42.